The third-order valence-electron chi connectivity index (χ3n) is 5.54. The van der Waals surface area contributed by atoms with Crippen molar-refractivity contribution in [2.24, 2.45) is 7.05 Å². The van der Waals surface area contributed by atoms with Crippen molar-refractivity contribution in [1.29, 1.82) is 0 Å². The number of amides is 1. The van der Waals surface area contributed by atoms with Crippen molar-refractivity contribution < 1.29 is 14.6 Å². The number of fused-ring (bicyclic) bond motifs is 1. The second kappa shape index (κ2) is 9.79. The Labute approximate surface area is 190 Å². The van der Waals surface area contributed by atoms with Gasteiger partial charge in [-0.3, -0.25) is 19.2 Å². The van der Waals surface area contributed by atoms with Gasteiger partial charge < -0.3 is 15.2 Å². The van der Waals surface area contributed by atoms with E-state index in [9.17, 15) is 14.7 Å². The molecule has 0 aliphatic carbocycles. The SMILES string of the molecule is Cn1nc(C(=O)NCc2ccc(Cl)cc2)c(=O)c2cc(CN3CCOCC3)cc(CO)c21. The van der Waals surface area contributed by atoms with Crippen molar-refractivity contribution in [3.05, 3.63) is 74.0 Å². The Balaban J connectivity index is 1.65. The first-order valence-corrected chi connectivity index (χ1v) is 10.8. The topological polar surface area (TPSA) is 96.7 Å². The van der Waals surface area contributed by atoms with Gasteiger partial charge in [0.25, 0.3) is 5.91 Å². The molecule has 1 fully saturated rings. The third kappa shape index (κ3) is 4.83. The molecule has 0 bridgehead atoms. The Kier molecular flexibility index (Phi) is 6.86. The van der Waals surface area contributed by atoms with Crippen LogP contribution in [0.1, 0.15) is 27.2 Å². The summed E-state index contributed by atoms with van der Waals surface area (Å²) in [4.78, 5) is 28.2. The molecule has 4 rings (SSSR count). The summed E-state index contributed by atoms with van der Waals surface area (Å²) in [5.74, 6) is -0.549. The van der Waals surface area contributed by atoms with Crippen LogP contribution in [0, 0.1) is 0 Å². The molecule has 1 aromatic heterocycles. The van der Waals surface area contributed by atoms with Crippen molar-refractivity contribution in [2.75, 3.05) is 26.3 Å². The second-order valence-corrected chi connectivity index (χ2v) is 8.24. The lowest BCUT2D eigenvalue weighted by Crippen LogP contribution is -2.35. The molecule has 1 aliphatic heterocycles. The molecule has 0 spiro atoms. The first-order chi connectivity index (χ1) is 15.5. The molecule has 0 radical (unpaired) electrons. The van der Waals surface area contributed by atoms with Crippen LogP contribution in [-0.2, 0) is 31.5 Å². The highest BCUT2D eigenvalue weighted by atomic mass is 35.5. The highest BCUT2D eigenvalue weighted by molar-refractivity contribution is 6.30. The van der Waals surface area contributed by atoms with Gasteiger partial charge in [-0.1, -0.05) is 29.8 Å². The minimum atomic E-state index is -0.549. The molecule has 9 heteroatoms. The van der Waals surface area contributed by atoms with E-state index in [2.05, 4.69) is 15.3 Å². The molecule has 8 nitrogen and oxygen atoms in total. The number of nitrogens with zero attached hydrogens (tertiary/aromatic N) is 3. The molecule has 168 valence electrons. The monoisotopic (exact) mass is 456 g/mol. The predicted molar refractivity (Wildman–Crippen MR) is 122 cm³/mol. The van der Waals surface area contributed by atoms with E-state index in [1.54, 1.807) is 37.4 Å². The van der Waals surface area contributed by atoms with E-state index in [1.165, 1.54) is 4.68 Å². The Hall–Kier alpha value is -2.78. The number of aliphatic hydroxyl groups is 1. The van der Waals surface area contributed by atoms with E-state index in [-0.39, 0.29) is 18.8 Å². The molecule has 0 saturated carbocycles. The molecule has 2 N–H and O–H groups in total. The molecule has 3 aromatic rings. The van der Waals surface area contributed by atoms with Gasteiger partial charge in [0.15, 0.2) is 5.69 Å². The zero-order valence-corrected chi connectivity index (χ0v) is 18.6. The number of halogens is 1. The fourth-order valence-corrected chi connectivity index (χ4v) is 4.06. The Morgan fingerprint density at radius 2 is 1.91 bits per heavy atom. The molecule has 0 atom stereocenters. The van der Waals surface area contributed by atoms with Gasteiger partial charge in [0.1, 0.15) is 0 Å². The number of hydrogen-bond acceptors (Lipinski definition) is 6. The van der Waals surface area contributed by atoms with Gasteiger partial charge in [-0.2, -0.15) is 5.10 Å². The Morgan fingerprint density at radius 1 is 1.19 bits per heavy atom. The van der Waals surface area contributed by atoms with Crippen LogP contribution in [0.4, 0.5) is 0 Å². The Bertz CT molecular complexity index is 1190. The quantitative estimate of drug-likeness (QED) is 0.587. The number of aliphatic hydroxyl groups excluding tert-OH is 1. The van der Waals surface area contributed by atoms with Crippen molar-refractivity contribution in [3.8, 4) is 0 Å². The number of aryl methyl sites for hydroxylation is 1. The number of aromatic nitrogens is 2. The first kappa shape index (κ1) is 22.4. The van der Waals surface area contributed by atoms with Gasteiger partial charge in [0, 0.05) is 43.8 Å². The smallest absolute Gasteiger partial charge is 0.276 e. The van der Waals surface area contributed by atoms with Gasteiger partial charge in [0.05, 0.1) is 30.7 Å². The van der Waals surface area contributed by atoms with Gasteiger partial charge in [-0.05, 0) is 29.3 Å². The van der Waals surface area contributed by atoms with Crippen LogP contribution in [-0.4, -0.2) is 52.0 Å². The maximum atomic E-state index is 13.2. The summed E-state index contributed by atoms with van der Waals surface area (Å²) < 4.78 is 6.88. The predicted octanol–water partition coefficient (Wildman–Crippen LogP) is 1.84. The average molecular weight is 457 g/mol. The van der Waals surface area contributed by atoms with Crippen LogP contribution in [0.15, 0.2) is 41.2 Å². The molecule has 1 aliphatic rings. The van der Waals surface area contributed by atoms with Crippen LogP contribution in [0.25, 0.3) is 10.9 Å². The third-order valence-corrected chi connectivity index (χ3v) is 5.80. The summed E-state index contributed by atoms with van der Waals surface area (Å²) in [6.07, 6.45) is 0. The van der Waals surface area contributed by atoms with E-state index in [1.807, 2.05) is 6.07 Å². The van der Waals surface area contributed by atoms with Gasteiger partial charge in [-0.25, -0.2) is 0 Å². The van der Waals surface area contributed by atoms with E-state index >= 15 is 0 Å². The maximum Gasteiger partial charge on any atom is 0.276 e. The summed E-state index contributed by atoms with van der Waals surface area (Å²) in [6.45, 7) is 3.60. The number of carbonyl (C=O) groups excluding carboxylic acids is 1. The van der Waals surface area contributed by atoms with Crippen molar-refractivity contribution >= 4 is 28.4 Å². The van der Waals surface area contributed by atoms with E-state index in [4.69, 9.17) is 16.3 Å². The van der Waals surface area contributed by atoms with Crippen LogP contribution in [0.2, 0.25) is 5.02 Å². The summed E-state index contributed by atoms with van der Waals surface area (Å²) in [5, 5.41) is 17.9. The lowest BCUT2D eigenvalue weighted by Gasteiger charge is -2.27. The van der Waals surface area contributed by atoms with Crippen LogP contribution < -0.4 is 10.7 Å². The number of rotatable bonds is 6. The Morgan fingerprint density at radius 3 is 2.59 bits per heavy atom. The highest BCUT2D eigenvalue weighted by Gasteiger charge is 2.20. The molecule has 2 heterocycles. The minimum Gasteiger partial charge on any atom is -0.392 e. The summed E-state index contributed by atoms with van der Waals surface area (Å²) in [5.41, 5.74) is 2.25. The molecule has 0 unspecified atom stereocenters. The largest absolute Gasteiger partial charge is 0.392 e. The number of carbonyl (C=O) groups is 1. The number of morpholine rings is 1. The van der Waals surface area contributed by atoms with Crippen molar-refractivity contribution in [3.63, 3.8) is 0 Å². The molecule has 2 aromatic carbocycles. The van der Waals surface area contributed by atoms with E-state index in [0.717, 1.165) is 24.2 Å². The lowest BCUT2D eigenvalue weighted by molar-refractivity contribution is 0.0342. The summed E-state index contributed by atoms with van der Waals surface area (Å²) in [6, 6.07) is 10.8. The summed E-state index contributed by atoms with van der Waals surface area (Å²) >= 11 is 5.89. The highest BCUT2D eigenvalue weighted by Crippen LogP contribution is 2.20. The van der Waals surface area contributed by atoms with Crippen molar-refractivity contribution in [2.45, 2.75) is 19.7 Å². The molecule has 1 amide bonds. The normalized spacial score (nSPS) is 14.6. The number of ether oxygens (including phenoxy) is 1. The minimum absolute atomic E-state index is 0.179. The van der Waals surface area contributed by atoms with Crippen LogP contribution in [0.5, 0.6) is 0 Å². The van der Waals surface area contributed by atoms with Crippen LogP contribution in [0.3, 0.4) is 0 Å². The lowest BCUT2D eigenvalue weighted by atomic mass is 10.0. The maximum absolute atomic E-state index is 13.2. The molecular formula is C23H25ClN4O4. The van der Waals surface area contributed by atoms with E-state index < -0.39 is 11.3 Å². The zero-order chi connectivity index (χ0) is 22.7. The van der Waals surface area contributed by atoms with E-state index in [0.29, 0.717) is 41.2 Å². The number of nitrogens with one attached hydrogen (secondary N) is 1. The van der Waals surface area contributed by atoms with Gasteiger partial charge in [-0.15, -0.1) is 0 Å². The molecule has 1 saturated heterocycles. The molecule has 32 heavy (non-hydrogen) atoms. The number of benzene rings is 2. The van der Waals surface area contributed by atoms with Gasteiger partial charge in [0.2, 0.25) is 5.43 Å². The second-order valence-electron chi connectivity index (χ2n) is 7.81. The fourth-order valence-electron chi connectivity index (χ4n) is 3.93. The fraction of sp³-hybridized carbons (Fsp3) is 0.348. The molecular weight excluding hydrogens is 432 g/mol. The summed E-state index contributed by atoms with van der Waals surface area (Å²) in [7, 11) is 1.67. The zero-order valence-electron chi connectivity index (χ0n) is 17.8. The van der Waals surface area contributed by atoms with Crippen molar-refractivity contribution in [1.82, 2.24) is 20.0 Å². The van der Waals surface area contributed by atoms with Gasteiger partial charge >= 0.3 is 0 Å². The standard InChI is InChI=1S/C23H25ClN4O4/c1-27-21-17(14-29)10-16(13-28-6-8-32-9-7-28)11-19(21)22(30)20(26-27)23(31)25-12-15-2-4-18(24)5-3-15/h2-5,10-11,29H,6-9,12-14H2,1H3,(H,25,31). The average Bonchev–Trinajstić information content (AvgIpc) is 2.81. The van der Waals surface area contributed by atoms with Crippen LogP contribution >= 0.6 is 11.6 Å². The first-order valence-electron chi connectivity index (χ1n) is 10.4. The number of hydrogen-bond donors (Lipinski definition) is 2.